The number of hydrogen-bond acceptors (Lipinski definition) is 3. The molecule has 0 radical (unpaired) electrons. The lowest BCUT2D eigenvalue weighted by Gasteiger charge is -2.41. The van der Waals surface area contributed by atoms with Crippen LogP contribution in [-0.2, 0) is 6.54 Å². The van der Waals surface area contributed by atoms with Gasteiger partial charge < -0.3 is 14.7 Å². The number of ether oxygens (including phenoxy) is 1. The molecule has 0 unspecified atom stereocenters. The van der Waals surface area contributed by atoms with Crippen LogP contribution in [0.2, 0.25) is 0 Å². The zero-order valence-electron chi connectivity index (χ0n) is 12.7. The molecule has 0 bridgehead atoms. The summed E-state index contributed by atoms with van der Waals surface area (Å²) >= 11 is 0. The number of nitrogens with zero attached hydrogens (tertiary/aromatic N) is 1. The molecule has 114 valence electrons. The first kappa shape index (κ1) is 14.4. The summed E-state index contributed by atoms with van der Waals surface area (Å²) in [6.07, 6.45) is 0. The van der Waals surface area contributed by atoms with E-state index in [1.807, 2.05) is 30.3 Å². The third kappa shape index (κ3) is 2.91. The summed E-state index contributed by atoms with van der Waals surface area (Å²) in [4.78, 5) is 13.3. The van der Waals surface area contributed by atoms with Crippen molar-refractivity contribution in [3.8, 4) is 5.75 Å². The largest absolute Gasteiger partial charge is 0.484 e. The number of carboxylic acid groups (broad SMARTS) is 1. The van der Waals surface area contributed by atoms with E-state index in [-0.39, 0.29) is 5.60 Å². The van der Waals surface area contributed by atoms with E-state index in [9.17, 15) is 4.79 Å². The van der Waals surface area contributed by atoms with Gasteiger partial charge in [0.15, 0.2) is 0 Å². The van der Waals surface area contributed by atoms with Crippen LogP contribution in [-0.4, -0.2) is 23.2 Å². The SMILES string of the molecule is CC1(C)CN(Cc2cccc(C(=O)O)c2)c2ccccc2O1. The monoisotopic (exact) mass is 297 g/mol. The Bertz CT molecular complexity index is 709. The van der Waals surface area contributed by atoms with E-state index in [2.05, 4.69) is 18.7 Å². The molecular weight excluding hydrogens is 278 g/mol. The Morgan fingerprint density at radius 3 is 2.77 bits per heavy atom. The van der Waals surface area contributed by atoms with Gasteiger partial charge in [-0.25, -0.2) is 4.79 Å². The van der Waals surface area contributed by atoms with E-state index >= 15 is 0 Å². The van der Waals surface area contributed by atoms with Crippen molar-refractivity contribution in [1.82, 2.24) is 0 Å². The second-order valence-electron chi connectivity index (χ2n) is 6.19. The highest BCUT2D eigenvalue weighted by Gasteiger charge is 2.31. The lowest BCUT2D eigenvalue weighted by molar-refractivity contribution is 0.0696. The number of carbonyl (C=O) groups is 1. The Morgan fingerprint density at radius 2 is 2.00 bits per heavy atom. The molecule has 0 aliphatic carbocycles. The molecule has 0 saturated heterocycles. The van der Waals surface area contributed by atoms with E-state index in [0.717, 1.165) is 23.5 Å². The quantitative estimate of drug-likeness (QED) is 0.941. The van der Waals surface area contributed by atoms with Crippen molar-refractivity contribution in [3.63, 3.8) is 0 Å². The molecule has 0 saturated carbocycles. The van der Waals surface area contributed by atoms with E-state index in [0.29, 0.717) is 12.1 Å². The molecule has 0 fully saturated rings. The second kappa shape index (κ2) is 5.37. The van der Waals surface area contributed by atoms with Gasteiger partial charge >= 0.3 is 5.97 Å². The lowest BCUT2D eigenvalue weighted by atomic mass is 10.0. The summed E-state index contributed by atoms with van der Waals surface area (Å²) in [5, 5.41) is 9.12. The number of anilines is 1. The summed E-state index contributed by atoms with van der Waals surface area (Å²) in [5.74, 6) is -0.0299. The highest BCUT2D eigenvalue weighted by molar-refractivity contribution is 5.87. The topological polar surface area (TPSA) is 49.8 Å². The predicted molar refractivity (Wildman–Crippen MR) is 85.6 cm³/mol. The Labute approximate surface area is 130 Å². The molecule has 4 nitrogen and oxygen atoms in total. The Balaban J connectivity index is 1.92. The van der Waals surface area contributed by atoms with Gasteiger partial charge in [-0.3, -0.25) is 0 Å². The molecule has 22 heavy (non-hydrogen) atoms. The number of benzene rings is 2. The third-order valence-electron chi connectivity index (χ3n) is 3.71. The number of fused-ring (bicyclic) bond motifs is 1. The highest BCUT2D eigenvalue weighted by atomic mass is 16.5. The van der Waals surface area contributed by atoms with Gasteiger partial charge in [0, 0.05) is 6.54 Å². The van der Waals surface area contributed by atoms with Gasteiger partial charge in [-0.2, -0.15) is 0 Å². The average molecular weight is 297 g/mol. The number of carboxylic acids is 1. The maximum absolute atomic E-state index is 11.1. The summed E-state index contributed by atoms with van der Waals surface area (Å²) in [6, 6.07) is 15.0. The summed E-state index contributed by atoms with van der Waals surface area (Å²) in [5.41, 5.74) is 2.06. The van der Waals surface area contributed by atoms with Crippen molar-refractivity contribution in [2.45, 2.75) is 26.0 Å². The van der Waals surface area contributed by atoms with E-state index in [1.54, 1.807) is 18.2 Å². The molecule has 0 amide bonds. The highest BCUT2D eigenvalue weighted by Crippen LogP contribution is 2.37. The van der Waals surface area contributed by atoms with Gasteiger partial charge in [-0.05, 0) is 43.7 Å². The number of rotatable bonds is 3. The van der Waals surface area contributed by atoms with Crippen molar-refractivity contribution in [2.75, 3.05) is 11.4 Å². The van der Waals surface area contributed by atoms with Crippen LogP contribution in [0.15, 0.2) is 48.5 Å². The van der Waals surface area contributed by atoms with Crippen molar-refractivity contribution in [1.29, 1.82) is 0 Å². The molecular formula is C18H19NO3. The van der Waals surface area contributed by atoms with E-state index < -0.39 is 5.97 Å². The molecule has 4 heteroatoms. The molecule has 1 N–H and O–H groups in total. The van der Waals surface area contributed by atoms with Crippen molar-refractivity contribution < 1.29 is 14.6 Å². The second-order valence-corrected chi connectivity index (χ2v) is 6.19. The Kier molecular flexibility index (Phi) is 3.53. The normalized spacial score (nSPS) is 15.8. The van der Waals surface area contributed by atoms with Crippen LogP contribution in [0.1, 0.15) is 29.8 Å². The van der Waals surface area contributed by atoms with Crippen LogP contribution in [0.5, 0.6) is 5.75 Å². The van der Waals surface area contributed by atoms with Gasteiger partial charge in [0.2, 0.25) is 0 Å². The van der Waals surface area contributed by atoms with Crippen molar-refractivity contribution in [3.05, 3.63) is 59.7 Å². The Hall–Kier alpha value is -2.49. The van der Waals surface area contributed by atoms with Crippen LogP contribution in [0.4, 0.5) is 5.69 Å². The fourth-order valence-corrected chi connectivity index (χ4v) is 2.84. The van der Waals surface area contributed by atoms with Gasteiger partial charge in [0.1, 0.15) is 11.4 Å². The minimum atomic E-state index is -0.899. The van der Waals surface area contributed by atoms with Crippen LogP contribution < -0.4 is 9.64 Å². The van der Waals surface area contributed by atoms with Crippen LogP contribution in [0.25, 0.3) is 0 Å². The third-order valence-corrected chi connectivity index (χ3v) is 3.71. The van der Waals surface area contributed by atoms with Gasteiger partial charge in [0.05, 0.1) is 17.8 Å². The first-order valence-corrected chi connectivity index (χ1v) is 7.30. The molecule has 2 aromatic rings. The molecule has 0 aromatic heterocycles. The molecule has 1 aliphatic rings. The molecule has 1 aliphatic heterocycles. The molecule has 3 rings (SSSR count). The molecule has 0 atom stereocenters. The summed E-state index contributed by atoms with van der Waals surface area (Å²) in [7, 11) is 0. The van der Waals surface area contributed by atoms with E-state index in [1.165, 1.54) is 0 Å². The fraction of sp³-hybridized carbons (Fsp3) is 0.278. The fourth-order valence-electron chi connectivity index (χ4n) is 2.84. The summed E-state index contributed by atoms with van der Waals surface area (Å²) < 4.78 is 6.01. The zero-order chi connectivity index (χ0) is 15.7. The van der Waals surface area contributed by atoms with Crippen LogP contribution in [0.3, 0.4) is 0 Å². The zero-order valence-corrected chi connectivity index (χ0v) is 12.7. The first-order valence-electron chi connectivity index (χ1n) is 7.30. The number of aromatic carboxylic acids is 1. The summed E-state index contributed by atoms with van der Waals surface area (Å²) in [6.45, 7) is 5.53. The Morgan fingerprint density at radius 1 is 1.23 bits per heavy atom. The maximum Gasteiger partial charge on any atom is 0.335 e. The van der Waals surface area contributed by atoms with E-state index in [4.69, 9.17) is 9.84 Å². The molecule has 2 aromatic carbocycles. The average Bonchev–Trinajstić information content (AvgIpc) is 2.46. The maximum atomic E-state index is 11.1. The van der Waals surface area contributed by atoms with Crippen LogP contribution >= 0.6 is 0 Å². The van der Waals surface area contributed by atoms with Crippen molar-refractivity contribution >= 4 is 11.7 Å². The van der Waals surface area contributed by atoms with Crippen LogP contribution in [0, 0.1) is 0 Å². The lowest BCUT2D eigenvalue weighted by Crippen LogP contribution is -2.46. The minimum absolute atomic E-state index is 0.279. The van der Waals surface area contributed by atoms with Gasteiger partial charge in [-0.15, -0.1) is 0 Å². The molecule has 1 heterocycles. The van der Waals surface area contributed by atoms with Gasteiger partial charge in [-0.1, -0.05) is 24.3 Å². The standard InChI is InChI=1S/C18H19NO3/c1-18(2)12-19(15-8-3-4-9-16(15)22-18)11-13-6-5-7-14(10-13)17(20)21/h3-10H,11-12H2,1-2H3,(H,20,21). The van der Waals surface area contributed by atoms with Gasteiger partial charge in [0.25, 0.3) is 0 Å². The number of para-hydroxylation sites is 2. The number of hydrogen-bond donors (Lipinski definition) is 1. The smallest absolute Gasteiger partial charge is 0.335 e. The predicted octanol–water partition coefficient (Wildman–Crippen LogP) is 3.56. The van der Waals surface area contributed by atoms with Crippen molar-refractivity contribution in [2.24, 2.45) is 0 Å². The first-order chi connectivity index (χ1) is 10.4. The molecule has 0 spiro atoms. The minimum Gasteiger partial charge on any atom is -0.484 e.